The van der Waals surface area contributed by atoms with Crippen LogP contribution in [0.3, 0.4) is 0 Å². The molecule has 0 saturated heterocycles. The summed E-state index contributed by atoms with van der Waals surface area (Å²) in [5.41, 5.74) is 0. The fourth-order valence-electron chi connectivity index (χ4n) is 0.608. The Hall–Kier alpha value is -0.0100. The van der Waals surface area contributed by atoms with Crippen molar-refractivity contribution in [2.24, 2.45) is 5.92 Å². The molecule has 0 aliphatic heterocycles. The van der Waals surface area contributed by atoms with Gasteiger partial charge in [0, 0.05) is 5.03 Å². The van der Waals surface area contributed by atoms with Crippen LogP contribution in [0.5, 0.6) is 0 Å². The summed E-state index contributed by atoms with van der Waals surface area (Å²) in [5, 5.41) is 0.766. The van der Waals surface area contributed by atoms with Crippen LogP contribution in [0.15, 0.2) is 11.6 Å². The van der Waals surface area contributed by atoms with E-state index < -0.39 is 0 Å². The van der Waals surface area contributed by atoms with Crippen molar-refractivity contribution in [2.75, 3.05) is 20.6 Å². The standard InChI is InChI=1S/C8H16ClN/c1-7(8(2)9)5-6-10(3)4/h7H,2,5-6H2,1,3-4H3. The largest absolute Gasteiger partial charge is 0.309 e. The number of hydrogen-bond donors (Lipinski definition) is 0. The molecule has 0 aliphatic rings. The van der Waals surface area contributed by atoms with Crippen molar-refractivity contribution in [2.45, 2.75) is 13.3 Å². The fourth-order valence-corrected chi connectivity index (χ4v) is 0.718. The van der Waals surface area contributed by atoms with Gasteiger partial charge in [0.1, 0.15) is 0 Å². The molecule has 0 spiro atoms. The van der Waals surface area contributed by atoms with Crippen molar-refractivity contribution in [1.29, 1.82) is 0 Å². The summed E-state index contributed by atoms with van der Waals surface area (Å²) in [6.45, 7) is 6.85. The van der Waals surface area contributed by atoms with Crippen LogP contribution < -0.4 is 0 Å². The van der Waals surface area contributed by atoms with Gasteiger partial charge in [-0.3, -0.25) is 0 Å². The van der Waals surface area contributed by atoms with Crippen molar-refractivity contribution in [3.63, 3.8) is 0 Å². The maximum absolute atomic E-state index is 5.70. The Kier molecular flexibility index (Phi) is 4.75. The van der Waals surface area contributed by atoms with Gasteiger partial charge in [0.25, 0.3) is 0 Å². The first-order valence-electron chi connectivity index (χ1n) is 3.53. The summed E-state index contributed by atoms with van der Waals surface area (Å²) in [7, 11) is 4.12. The minimum absolute atomic E-state index is 0.434. The van der Waals surface area contributed by atoms with Crippen molar-refractivity contribution in [1.82, 2.24) is 4.90 Å². The molecule has 0 aliphatic carbocycles. The van der Waals surface area contributed by atoms with Crippen LogP contribution in [0, 0.1) is 5.92 Å². The topological polar surface area (TPSA) is 3.24 Å². The van der Waals surface area contributed by atoms with Gasteiger partial charge in [-0.2, -0.15) is 0 Å². The van der Waals surface area contributed by atoms with E-state index in [-0.39, 0.29) is 0 Å². The van der Waals surface area contributed by atoms with E-state index in [1.807, 2.05) is 0 Å². The molecule has 0 radical (unpaired) electrons. The van der Waals surface area contributed by atoms with E-state index in [2.05, 4.69) is 32.5 Å². The average Bonchev–Trinajstić information content (AvgIpc) is 1.82. The van der Waals surface area contributed by atoms with Crippen LogP contribution in [0.1, 0.15) is 13.3 Å². The molecule has 2 heteroatoms. The molecule has 0 saturated carbocycles. The molecule has 0 heterocycles. The van der Waals surface area contributed by atoms with Crippen LogP contribution in [0.25, 0.3) is 0 Å². The third kappa shape index (κ3) is 4.83. The lowest BCUT2D eigenvalue weighted by Gasteiger charge is -2.13. The molecule has 0 bridgehead atoms. The fraction of sp³-hybridized carbons (Fsp3) is 0.750. The summed E-state index contributed by atoms with van der Waals surface area (Å²) in [6, 6.07) is 0. The quantitative estimate of drug-likeness (QED) is 0.612. The third-order valence-corrected chi connectivity index (χ3v) is 1.92. The van der Waals surface area contributed by atoms with Crippen LogP contribution >= 0.6 is 11.6 Å². The summed E-state index contributed by atoms with van der Waals surface area (Å²) >= 11 is 5.70. The van der Waals surface area contributed by atoms with E-state index >= 15 is 0 Å². The molecule has 0 amide bonds. The molecule has 1 nitrogen and oxygen atoms in total. The SMILES string of the molecule is C=C(Cl)C(C)CCN(C)C. The monoisotopic (exact) mass is 161 g/mol. The Labute approximate surface area is 68.7 Å². The van der Waals surface area contributed by atoms with Gasteiger partial charge < -0.3 is 4.90 Å². The number of nitrogens with zero attached hydrogens (tertiary/aromatic N) is 1. The van der Waals surface area contributed by atoms with Gasteiger partial charge >= 0.3 is 0 Å². The summed E-state index contributed by atoms with van der Waals surface area (Å²) < 4.78 is 0. The second kappa shape index (κ2) is 4.75. The minimum Gasteiger partial charge on any atom is -0.309 e. The second-order valence-electron chi connectivity index (χ2n) is 2.94. The van der Waals surface area contributed by atoms with E-state index in [9.17, 15) is 0 Å². The van der Waals surface area contributed by atoms with E-state index in [1.54, 1.807) is 0 Å². The Bertz CT molecular complexity index is 110. The van der Waals surface area contributed by atoms with Gasteiger partial charge in [-0.1, -0.05) is 25.1 Å². The molecule has 0 N–H and O–H groups in total. The molecule has 0 fully saturated rings. The first-order chi connectivity index (χ1) is 4.54. The first kappa shape index (κ1) is 9.99. The van der Waals surface area contributed by atoms with Crippen LogP contribution in [-0.2, 0) is 0 Å². The van der Waals surface area contributed by atoms with Crippen LogP contribution in [0.2, 0.25) is 0 Å². The lowest BCUT2D eigenvalue weighted by molar-refractivity contribution is 0.378. The highest BCUT2D eigenvalue weighted by atomic mass is 35.5. The Balaban J connectivity index is 3.40. The van der Waals surface area contributed by atoms with Gasteiger partial charge in [-0.15, -0.1) is 0 Å². The normalized spacial score (nSPS) is 13.7. The summed E-state index contributed by atoms with van der Waals surface area (Å²) in [4.78, 5) is 2.15. The van der Waals surface area contributed by atoms with Crippen molar-refractivity contribution >= 4 is 11.6 Å². The van der Waals surface area contributed by atoms with Gasteiger partial charge in [0.15, 0.2) is 0 Å². The lowest BCUT2D eigenvalue weighted by Crippen LogP contribution is -2.15. The van der Waals surface area contributed by atoms with Crippen LogP contribution in [-0.4, -0.2) is 25.5 Å². The van der Waals surface area contributed by atoms with Gasteiger partial charge in [-0.25, -0.2) is 0 Å². The zero-order valence-electron chi connectivity index (χ0n) is 7.02. The molecular formula is C8H16ClN. The van der Waals surface area contributed by atoms with Crippen LogP contribution in [0.4, 0.5) is 0 Å². The van der Waals surface area contributed by atoms with Crippen molar-refractivity contribution < 1.29 is 0 Å². The highest BCUT2D eigenvalue weighted by Gasteiger charge is 2.03. The molecular weight excluding hydrogens is 146 g/mol. The molecule has 10 heavy (non-hydrogen) atoms. The minimum atomic E-state index is 0.434. The zero-order valence-corrected chi connectivity index (χ0v) is 7.78. The second-order valence-corrected chi connectivity index (χ2v) is 3.43. The van der Waals surface area contributed by atoms with Gasteiger partial charge in [0.05, 0.1) is 0 Å². The maximum Gasteiger partial charge on any atom is 0.0137 e. The molecule has 0 rings (SSSR count). The predicted octanol–water partition coefficient (Wildman–Crippen LogP) is 2.33. The summed E-state index contributed by atoms with van der Waals surface area (Å²) in [6.07, 6.45) is 1.09. The predicted molar refractivity (Wildman–Crippen MR) is 47.3 cm³/mol. The van der Waals surface area contributed by atoms with Crippen molar-refractivity contribution in [3.8, 4) is 0 Å². The average molecular weight is 162 g/mol. The van der Waals surface area contributed by atoms with E-state index in [0.29, 0.717) is 5.92 Å². The Morgan fingerprint density at radius 2 is 2.10 bits per heavy atom. The van der Waals surface area contributed by atoms with Crippen molar-refractivity contribution in [3.05, 3.63) is 11.6 Å². The number of allylic oxidation sites excluding steroid dienone is 1. The Morgan fingerprint density at radius 1 is 1.60 bits per heavy atom. The zero-order chi connectivity index (χ0) is 8.15. The number of rotatable bonds is 4. The third-order valence-electron chi connectivity index (χ3n) is 1.54. The highest BCUT2D eigenvalue weighted by molar-refractivity contribution is 6.29. The molecule has 1 unspecified atom stereocenters. The number of halogens is 1. The summed E-state index contributed by atoms with van der Waals surface area (Å²) in [5.74, 6) is 0.434. The molecule has 1 atom stereocenters. The number of hydrogen-bond acceptors (Lipinski definition) is 1. The highest BCUT2D eigenvalue weighted by Crippen LogP contribution is 2.15. The maximum atomic E-state index is 5.70. The van der Waals surface area contributed by atoms with Gasteiger partial charge in [-0.05, 0) is 33.0 Å². The first-order valence-corrected chi connectivity index (χ1v) is 3.91. The smallest absolute Gasteiger partial charge is 0.0137 e. The molecule has 0 aromatic rings. The molecule has 0 aromatic carbocycles. The van der Waals surface area contributed by atoms with E-state index in [1.165, 1.54) is 0 Å². The molecule has 60 valence electrons. The lowest BCUT2D eigenvalue weighted by atomic mass is 10.1. The Morgan fingerprint density at radius 3 is 2.40 bits per heavy atom. The van der Waals surface area contributed by atoms with E-state index in [4.69, 9.17) is 11.6 Å². The van der Waals surface area contributed by atoms with E-state index in [0.717, 1.165) is 18.0 Å². The molecule has 0 aromatic heterocycles. The van der Waals surface area contributed by atoms with Gasteiger partial charge in [0.2, 0.25) is 0 Å².